The molecule has 0 saturated heterocycles. The van der Waals surface area contributed by atoms with Gasteiger partial charge in [-0.05, 0) is 92.2 Å². The second-order valence-corrected chi connectivity index (χ2v) is 9.76. The third kappa shape index (κ3) is 6.33. The average molecular weight is 373 g/mol. The van der Waals surface area contributed by atoms with Crippen molar-refractivity contribution in [3.8, 4) is 0 Å². The summed E-state index contributed by atoms with van der Waals surface area (Å²) in [5.74, 6) is 4.33. The topological polar surface area (TPSA) is 0 Å². The van der Waals surface area contributed by atoms with Gasteiger partial charge in [-0.3, -0.25) is 0 Å². The highest BCUT2D eigenvalue weighted by Gasteiger charge is 2.29. The van der Waals surface area contributed by atoms with Crippen molar-refractivity contribution in [2.75, 3.05) is 0 Å². The largest absolute Gasteiger partial charge is 0.207 e. The maximum Gasteiger partial charge on any atom is 0.123 e. The summed E-state index contributed by atoms with van der Waals surface area (Å²) in [6.07, 6.45) is 18.3. The molecule has 2 saturated carbocycles. The van der Waals surface area contributed by atoms with Gasteiger partial charge in [0.25, 0.3) is 0 Å². The van der Waals surface area contributed by atoms with Crippen LogP contribution in [-0.4, -0.2) is 0 Å². The zero-order valence-corrected chi connectivity index (χ0v) is 17.8. The molecule has 0 spiro atoms. The van der Waals surface area contributed by atoms with E-state index in [0.717, 1.165) is 23.7 Å². The van der Waals surface area contributed by atoms with Gasteiger partial charge in [0, 0.05) is 0 Å². The predicted molar refractivity (Wildman–Crippen MR) is 114 cm³/mol. The average Bonchev–Trinajstić information content (AvgIpc) is 2.69. The highest BCUT2D eigenvalue weighted by atomic mass is 19.1. The van der Waals surface area contributed by atoms with E-state index in [0.29, 0.717) is 5.92 Å². The molecule has 152 valence electrons. The molecule has 27 heavy (non-hydrogen) atoms. The Kier molecular flexibility index (Phi) is 8.22. The molecule has 1 aromatic carbocycles. The van der Waals surface area contributed by atoms with Crippen LogP contribution in [0.25, 0.3) is 0 Å². The maximum absolute atomic E-state index is 13.5. The van der Waals surface area contributed by atoms with Crippen molar-refractivity contribution < 1.29 is 4.39 Å². The van der Waals surface area contributed by atoms with Gasteiger partial charge < -0.3 is 0 Å². The molecular weight excluding hydrogens is 331 g/mol. The third-order valence-corrected chi connectivity index (χ3v) is 7.78. The van der Waals surface area contributed by atoms with Gasteiger partial charge in [0.1, 0.15) is 5.82 Å². The molecule has 0 aromatic heterocycles. The zero-order chi connectivity index (χ0) is 19.1. The first-order chi connectivity index (χ1) is 13.2. The van der Waals surface area contributed by atoms with Crippen LogP contribution in [0, 0.1) is 29.5 Å². The molecule has 0 N–H and O–H groups in total. The van der Waals surface area contributed by atoms with E-state index in [1.165, 1.54) is 89.0 Å². The van der Waals surface area contributed by atoms with Crippen LogP contribution >= 0.6 is 0 Å². The van der Waals surface area contributed by atoms with Crippen molar-refractivity contribution in [3.05, 3.63) is 35.6 Å². The van der Waals surface area contributed by atoms with Crippen LogP contribution in [0.4, 0.5) is 4.39 Å². The van der Waals surface area contributed by atoms with E-state index in [9.17, 15) is 4.39 Å². The van der Waals surface area contributed by atoms with Gasteiger partial charge in [0.15, 0.2) is 0 Å². The molecule has 2 aliphatic carbocycles. The number of hydrogen-bond donors (Lipinski definition) is 0. The number of benzene rings is 1. The summed E-state index contributed by atoms with van der Waals surface area (Å²) in [5.41, 5.74) is 1.22. The van der Waals surface area contributed by atoms with Crippen molar-refractivity contribution in [3.63, 3.8) is 0 Å². The lowest BCUT2D eigenvalue weighted by atomic mass is 9.70. The molecule has 2 aliphatic rings. The van der Waals surface area contributed by atoms with E-state index in [2.05, 4.69) is 19.9 Å². The van der Waals surface area contributed by atoms with Gasteiger partial charge >= 0.3 is 0 Å². The Morgan fingerprint density at radius 2 is 1.63 bits per heavy atom. The molecular formula is C26H41F. The molecule has 2 fully saturated rings. The van der Waals surface area contributed by atoms with Crippen LogP contribution in [0.15, 0.2) is 24.3 Å². The van der Waals surface area contributed by atoms with Crippen LogP contribution < -0.4 is 0 Å². The van der Waals surface area contributed by atoms with E-state index in [1.807, 2.05) is 6.07 Å². The predicted octanol–water partition coefficient (Wildman–Crippen LogP) is 8.51. The second-order valence-electron chi connectivity index (χ2n) is 9.76. The van der Waals surface area contributed by atoms with Crippen molar-refractivity contribution in [1.82, 2.24) is 0 Å². The SMILES string of the molecule is CCCCCC1CCC(C(C)CC2CCC(c3cccc(F)c3)CC2)CC1. The Hall–Kier alpha value is -0.850. The minimum Gasteiger partial charge on any atom is -0.207 e. The number of halogens is 1. The Bertz CT molecular complexity index is 535. The molecule has 0 aliphatic heterocycles. The highest BCUT2D eigenvalue weighted by molar-refractivity contribution is 5.21. The first kappa shape index (κ1) is 20.9. The zero-order valence-electron chi connectivity index (χ0n) is 17.8. The fourth-order valence-electron chi connectivity index (χ4n) is 5.94. The molecule has 0 amide bonds. The van der Waals surface area contributed by atoms with Crippen molar-refractivity contribution in [1.29, 1.82) is 0 Å². The summed E-state index contributed by atoms with van der Waals surface area (Å²) >= 11 is 0. The first-order valence-corrected chi connectivity index (χ1v) is 11.9. The monoisotopic (exact) mass is 372 g/mol. The third-order valence-electron chi connectivity index (χ3n) is 7.78. The van der Waals surface area contributed by atoms with Crippen LogP contribution in [0.5, 0.6) is 0 Å². The second kappa shape index (κ2) is 10.6. The van der Waals surface area contributed by atoms with E-state index < -0.39 is 0 Å². The van der Waals surface area contributed by atoms with Crippen LogP contribution in [0.2, 0.25) is 0 Å². The lowest BCUT2D eigenvalue weighted by Gasteiger charge is -2.36. The summed E-state index contributed by atoms with van der Waals surface area (Å²) in [4.78, 5) is 0. The number of unbranched alkanes of at least 4 members (excludes halogenated alkanes) is 2. The van der Waals surface area contributed by atoms with E-state index in [4.69, 9.17) is 0 Å². The lowest BCUT2D eigenvalue weighted by molar-refractivity contribution is 0.169. The Labute approximate surface area is 167 Å². The van der Waals surface area contributed by atoms with Gasteiger partial charge in [0.05, 0.1) is 0 Å². The fourth-order valence-corrected chi connectivity index (χ4v) is 5.94. The minimum atomic E-state index is -0.0754. The van der Waals surface area contributed by atoms with Gasteiger partial charge in [-0.15, -0.1) is 0 Å². The Balaban J connectivity index is 1.37. The van der Waals surface area contributed by atoms with E-state index in [1.54, 1.807) is 12.1 Å². The standard InChI is InChI=1S/C26H41F/c1-3-4-5-7-21-10-14-23(15-11-21)20(2)18-22-12-16-24(17-13-22)25-8-6-9-26(27)19-25/h6,8-9,19-24H,3-5,7,10-18H2,1-2H3. The van der Waals surface area contributed by atoms with Gasteiger partial charge in [-0.1, -0.05) is 64.5 Å². The van der Waals surface area contributed by atoms with Crippen molar-refractivity contribution in [2.24, 2.45) is 23.7 Å². The highest BCUT2D eigenvalue weighted by Crippen LogP contribution is 2.42. The normalized spacial score (nSPS) is 30.2. The van der Waals surface area contributed by atoms with Gasteiger partial charge in [-0.25, -0.2) is 4.39 Å². The van der Waals surface area contributed by atoms with Crippen LogP contribution in [-0.2, 0) is 0 Å². The molecule has 0 nitrogen and oxygen atoms in total. The Morgan fingerprint density at radius 3 is 2.30 bits per heavy atom. The van der Waals surface area contributed by atoms with Gasteiger partial charge in [-0.2, -0.15) is 0 Å². The van der Waals surface area contributed by atoms with Crippen LogP contribution in [0.3, 0.4) is 0 Å². The van der Waals surface area contributed by atoms with E-state index >= 15 is 0 Å². The summed E-state index contributed by atoms with van der Waals surface area (Å²) in [6, 6.07) is 7.31. The molecule has 3 rings (SSSR count). The first-order valence-electron chi connectivity index (χ1n) is 11.9. The summed E-state index contributed by atoms with van der Waals surface area (Å²) in [7, 11) is 0. The molecule has 1 heteroatoms. The summed E-state index contributed by atoms with van der Waals surface area (Å²) in [5, 5.41) is 0. The van der Waals surface area contributed by atoms with Gasteiger partial charge in [0.2, 0.25) is 0 Å². The molecule has 1 atom stereocenters. The van der Waals surface area contributed by atoms with Crippen LogP contribution in [0.1, 0.15) is 109 Å². The molecule has 1 unspecified atom stereocenters. The molecule has 0 radical (unpaired) electrons. The molecule has 0 bridgehead atoms. The quantitative estimate of drug-likeness (QED) is 0.401. The van der Waals surface area contributed by atoms with Crippen molar-refractivity contribution in [2.45, 2.75) is 103 Å². The minimum absolute atomic E-state index is 0.0754. The lowest BCUT2D eigenvalue weighted by Crippen LogP contribution is -2.23. The van der Waals surface area contributed by atoms with E-state index in [-0.39, 0.29) is 5.82 Å². The fraction of sp³-hybridized carbons (Fsp3) is 0.769. The molecule has 0 heterocycles. The smallest absolute Gasteiger partial charge is 0.123 e. The summed E-state index contributed by atoms with van der Waals surface area (Å²) < 4.78 is 13.5. The summed E-state index contributed by atoms with van der Waals surface area (Å²) in [6.45, 7) is 4.84. The van der Waals surface area contributed by atoms with Crippen molar-refractivity contribution >= 4 is 0 Å². The Morgan fingerprint density at radius 1 is 0.926 bits per heavy atom. The maximum atomic E-state index is 13.5. The molecule has 1 aromatic rings. The number of hydrogen-bond acceptors (Lipinski definition) is 0. The number of rotatable bonds is 8.